The zero-order valence-electron chi connectivity index (χ0n) is 13.2. The van der Waals surface area contributed by atoms with E-state index in [1.54, 1.807) is 7.11 Å². The maximum atomic E-state index is 11.0. The van der Waals surface area contributed by atoms with E-state index in [1.807, 2.05) is 6.92 Å². The zero-order chi connectivity index (χ0) is 15.3. The molecular formula is C16H30O4. The fourth-order valence-corrected chi connectivity index (χ4v) is 3.10. The van der Waals surface area contributed by atoms with Crippen LogP contribution in [0.2, 0.25) is 0 Å². The Labute approximate surface area is 122 Å². The molecule has 0 amide bonds. The minimum absolute atomic E-state index is 0.286. The van der Waals surface area contributed by atoms with Gasteiger partial charge in [-0.2, -0.15) is 0 Å². The van der Waals surface area contributed by atoms with Crippen molar-refractivity contribution >= 4 is 5.97 Å². The van der Waals surface area contributed by atoms with Crippen molar-refractivity contribution in [3.63, 3.8) is 0 Å². The fourth-order valence-electron chi connectivity index (χ4n) is 3.10. The fraction of sp³-hybridized carbons (Fsp3) is 0.938. The van der Waals surface area contributed by atoms with Gasteiger partial charge in [-0.3, -0.25) is 4.79 Å². The predicted molar refractivity (Wildman–Crippen MR) is 78.5 cm³/mol. The number of hydrogen-bond acceptors (Lipinski definition) is 3. The van der Waals surface area contributed by atoms with Crippen LogP contribution < -0.4 is 0 Å². The van der Waals surface area contributed by atoms with E-state index >= 15 is 0 Å². The first kappa shape index (κ1) is 17.4. The van der Waals surface area contributed by atoms with Gasteiger partial charge in [-0.05, 0) is 43.4 Å². The zero-order valence-corrected chi connectivity index (χ0v) is 13.2. The molecule has 4 nitrogen and oxygen atoms in total. The van der Waals surface area contributed by atoms with Crippen molar-refractivity contribution in [2.24, 2.45) is 23.7 Å². The number of methoxy groups -OCH3 is 1. The van der Waals surface area contributed by atoms with Gasteiger partial charge in [-0.1, -0.05) is 27.2 Å². The molecule has 2 N–H and O–H groups in total. The standard InChI is InChI=1S/C16H30O4/c1-5-10(3)15(20-4)9-12-7-11(12)8-14(17)13(6-2)16(18)19/h10-15,17H,5-9H2,1-4H3,(H,18,19)/t10-,11?,12?,13+,14+,15-/m0/s1. The highest BCUT2D eigenvalue weighted by atomic mass is 16.5. The van der Waals surface area contributed by atoms with Crippen molar-refractivity contribution in [3.05, 3.63) is 0 Å². The van der Waals surface area contributed by atoms with E-state index in [2.05, 4.69) is 13.8 Å². The summed E-state index contributed by atoms with van der Waals surface area (Å²) in [7, 11) is 1.76. The van der Waals surface area contributed by atoms with Gasteiger partial charge in [0.15, 0.2) is 0 Å². The van der Waals surface area contributed by atoms with Crippen molar-refractivity contribution in [3.8, 4) is 0 Å². The molecule has 0 radical (unpaired) electrons. The summed E-state index contributed by atoms with van der Waals surface area (Å²) in [5, 5.41) is 19.1. The summed E-state index contributed by atoms with van der Waals surface area (Å²) in [6, 6.07) is 0. The maximum Gasteiger partial charge on any atom is 0.309 e. The second-order valence-corrected chi connectivity index (χ2v) is 6.31. The van der Waals surface area contributed by atoms with Gasteiger partial charge < -0.3 is 14.9 Å². The molecule has 1 fully saturated rings. The van der Waals surface area contributed by atoms with E-state index in [0.717, 1.165) is 19.3 Å². The summed E-state index contributed by atoms with van der Waals surface area (Å²) < 4.78 is 5.56. The van der Waals surface area contributed by atoms with Crippen LogP contribution in [0, 0.1) is 23.7 Å². The first-order valence-electron chi connectivity index (χ1n) is 7.88. The molecule has 0 aromatic heterocycles. The number of carbonyl (C=O) groups is 1. The molecule has 0 heterocycles. The van der Waals surface area contributed by atoms with Gasteiger partial charge in [0.25, 0.3) is 0 Å². The van der Waals surface area contributed by atoms with Gasteiger partial charge in [-0.15, -0.1) is 0 Å². The minimum Gasteiger partial charge on any atom is -0.481 e. The van der Waals surface area contributed by atoms with Crippen LogP contribution in [0.5, 0.6) is 0 Å². The molecule has 0 aromatic carbocycles. The molecule has 0 aromatic rings. The molecule has 0 saturated heterocycles. The lowest BCUT2D eigenvalue weighted by Gasteiger charge is -2.22. The first-order valence-corrected chi connectivity index (χ1v) is 7.88. The molecule has 0 bridgehead atoms. The molecule has 6 atom stereocenters. The lowest BCUT2D eigenvalue weighted by molar-refractivity contribution is -0.146. The highest BCUT2D eigenvalue weighted by Gasteiger charge is 2.41. The van der Waals surface area contributed by atoms with Gasteiger partial charge in [-0.25, -0.2) is 0 Å². The number of rotatable bonds is 10. The van der Waals surface area contributed by atoms with Gasteiger partial charge in [0.1, 0.15) is 0 Å². The smallest absolute Gasteiger partial charge is 0.309 e. The van der Waals surface area contributed by atoms with Crippen LogP contribution in [-0.4, -0.2) is 35.5 Å². The van der Waals surface area contributed by atoms with Gasteiger partial charge in [0.05, 0.1) is 18.1 Å². The van der Waals surface area contributed by atoms with Gasteiger partial charge in [0, 0.05) is 7.11 Å². The van der Waals surface area contributed by atoms with E-state index in [9.17, 15) is 9.90 Å². The van der Waals surface area contributed by atoms with E-state index < -0.39 is 18.0 Å². The molecule has 1 saturated carbocycles. The average Bonchev–Trinajstić information content (AvgIpc) is 3.13. The molecule has 1 rings (SSSR count). The predicted octanol–water partition coefficient (Wildman–Crippen LogP) is 2.94. The number of aliphatic hydroxyl groups is 1. The highest BCUT2D eigenvalue weighted by molar-refractivity contribution is 5.70. The van der Waals surface area contributed by atoms with Gasteiger partial charge >= 0.3 is 5.97 Å². The van der Waals surface area contributed by atoms with Crippen LogP contribution in [0.15, 0.2) is 0 Å². The number of aliphatic hydroxyl groups excluding tert-OH is 1. The van der Waals surface area contributed by atoms with E-state index in [4.69, 9.17) is 9.84 Å². The molecule has 118 valence electrons. The number of carboxylic acids is 1. The van der Waals surface area contributed by atoms with Crippen molar-refractivity contribution in [2.45, 2.75) is 65.1 Å². The molecule has 20 heavy (non-hydrogen) atoms. The number of carboxylic acid groups (broad SMARTS) is 1. The Morgan fingerprint density at radius 2 is 1.85 bits per heavy atom. The normalized spacial score (nSPS) is 27.6. The maximum absolute atomic E-state index is 11.0. The third kappa shape index (κ3) is 4.74. The summed E-state index contributed by atoms with van der Waals surface area (Å²) >= 11 is 0. The summed E-state index contributed by atoms with van der Waals surface area (Å²) in [5.41, 5.74) is 0. The van der Waals surface area contributed by atoms with Crippen LogP contribution in [-0.2, 0) is 9.53 Å². The van der Waals surface area contributed by atoms with Crippen LogP contribution in [0.25, 0.3) is 0 Å². The van der Waals surface area contributed by atoms with Crippen molar-refractivity contribution in [1.29, 1.82) is 0 Å². The van der Waals surface area contributed by atoms with Crippen LogP contribution >= 0.6 is 0 Å². The minimum atomic E-state index is -0.883. The highest BCUT2D eigenvalue weighted by Crippen LogP contribution is 2.47. The Bertz CT molecular complexity index is 305. The molecule has 1 aliphatic rings. The Morgan fingerprint density at radius 3 is 2.30 bits per heavy atom. The Hall–Kier alpha value is -0.610. The van der Waals surface area contributed by atoms with Crippen molar-refractivity contribution in [1.82, 2.24) is 0 Å². The number of hydrogen-bond donors (Lipinski definition) is 2. The van der Waals surface area contributed by atoms with E-state index in [0.29, 0.717) is 30.6 Å². The molecule has 0 aliphatic heterocycles. The Morgan fingerprint density at radius 1 is 1.25 bits per heavy atom. The van der Waals surface area contributed by atoms with E-state index in [-0.39, 0.29) is 6.10 Å². The van der Waals surface area contributed by atoms with Crippen molar-refractivity contribution < 1.29 is 19.7 Å². The lowest BCUT2D eigenvalue weighted by atomic mass is 9.93. The molecule has 0 spiro atoms. The monoisotopic (exact) mass is 286 g/mol. The van der Waals surface area contributed by atoms with E-state index in [1.165, 1.54) is 0 Å². The molecule has 2 unspecified atom stereocenters. The van der Waals surface area contributed by atoms with Crippen LogP contribution in [0.4, 0.5) is 0 Å². The van der Waals surface area contributed by atoms with Crippen LogP contribution in [0.1, 0.15) is 52.9 Å². The van der Waals surface area contributed by atoms with Gasteiger partial charge in [0.2, 0.25) is 0 Å². The average molecular weight is 286 g/mol. The summed E-state index contributed by atoms with van der Waals surface area (Å²) in [6.45, 7) is 6.19. The molecule has 4 heteroatoms. The van der Waals surface area contributed by atoms with Crippen LogP contribution in [0.3, 0.4) is 0 Å². The second-order valence-electron chi connectivity index (χ2n) is 6.31. The first-order chi connectivity index (χ1) is 9.44. The Kier molecular flexibility index (Phi) is 6.96. The summed E-state index contributed by atoms with van der Waals surface area (Å²) in [4.78, 5) is 11.0. The Balaban J connectivity index is 2.37. The molecule has 1 aliphatic carbocycles. The third-order valence-electron chi connectivity index (χ3n) is 4.95. The summed E-state index contributed by atoms with van der Waals surface area (Å²) in [6.07, 6.45) is 3.92. The largest absolute Gasteiger partial charge is 0.481 e. The SMILES string of the molecule is CC[C@H](C)[C@H](CC1CC1C[C@@H](O)[C@@H](CC)C(=O)O)OC. The lowest BCUT2D eigenvalue weighted by Crippen LogP contribution is -2.28. The number of ether oxygens (including phenoxy) is 1. The molecular weight excluding hydrogens is 256 g/mol. The quantitative estimate of drug-likeness (QED) is 0.648. The topological polar surface area (TPSA) is 66.8 Å². The summed E-state index contributed by atoms with van der Waals surface area (Å²) in [5.74, 6) is 0.110. The second kappa shape index (κ2) is 7.99. The third-order valence-corrected chi connectivity index (χ3v) is 4.95. The van der Waals surface area contributed by atoms with Crippen molar-refractivity contribution in [2.75, 3.05) is 7.11 Å². The number of aliphatic carboxylic acids is 1.